The Bertz CT molecular complexity index is 1390. The second-order valence-corrected chi connectivity index (χ2v) is 12.8. The van der Waals surface area contributed by atoms with E-state index in [4.69, 9.17) is 11.6 Å². The Hall–Kier alpha value is -3.36. The molecule has 1 aliphatic carbocycles. The molecule has 0 saturated heterocycles. The van der Waals surface area contributed by atoms with Crippen LogP contribution in [0.2, 0.25) is 5.02 Å². The van der Waals surface area contributed by atoms with E-state index in [2.05, 4.69) is 5.32 Å². The lowest BCUT2D eigenvalue weighted by molar-refractivity contribution is -0.140. The summed E-state index contributed by atoms with van der Waals surface area (Å²) in [6.45, 7) is 1.60. The first-order valence-electron chi connectivity index (χ1n) is 13.5. The maximum Gasteiger partial charge on any atom is 0.244 e. The van der Waals surface area contributed by atoms with E-state index in [9.17, 15) is 18.0 Å². The van der Waals surface area contributed by atoms with E-state index < -0.39 is 28.5 Å². The SMILES string of the molecule is Cc1ccc(N(CC(=O)N(Cc2ccc(Cl)cc2)[C@H](Cc2ccccc2)C(=O)NC2CCCC2)S(C)(=O)=O)cc1. The quantitative estimate of drug-likeness (QED) is 0.341. The highest BCUT2D eigenvalue weighted by Crippen LogP contribution is 2.23. The third-order valence-electron chi connectivity index (χ3n) is 7.24. The molecule has 0 unspecified atom stereocenters. The van der Waals surface area contributed by atoms with Gasteiger partial charge in [0.2, 0.25) is 21.8 Å². The summed E-state index contributed by atoms with van der Waals surface area (Å²) in [5.41, 5.74) is 3.05. The van der Waals surface area contributed by atoms with Gasteiger partial charge in [-0.05, 0) is 55.2 Å². The lowest BCUT2D eigenvalue weighted by atomic mass is 10.0. The van der Waals surface area contributed by atoms with E-state index in [1.807, 2.05) is 49.4 Å². The van der Waals surface area contributed by atoms with Crippen molar-refractivity contribution >= 4 is 39.1 Å². The highest BCUT2D eigenvalue weighted by atomic mass is 35.5. The molecule has 0 aliphatic heterocycles. The lowest BCUT2D eigenvalue weighted by Gasteiger charge is -2.34. The van der Waals surface area contributed by atoms with Crippen molar-refractivity contribution in [3.05, 3.63) is 101 Å². The molecule has 1 fully saturated rings. The van der Waals surface area contributed by atoms with Gasteiger partial charge in [-0.15, -0.1) is 0 Å². The third kappa shape index (κ3) is 8.08. The molecule has 3 aromatic rings. The Morgan fingerprint density at radius 3 is 2.15 bits per heavy atom. The second kappa shape index (κ2) is 13.3. The van der Waals surface area contributed by atoms with Gasteiger partial charge >= 0.3 is 0 Å². The number of carbonyl (C=O) groups is 2. The molecular weight excluding hydrogens is 546 g/mol. The summed E-state index contributed by atoms with van der Waals surface area (Å²) in [6, 6.07) is 22.8. The summed E-state index contributed by atoms with van der Waals surface area (Å²) >= 11 is 6.11. The predicted molar refractivity (Wildman–Crippen MR) is 160 cm³/mol. The van der Waals surface area contributed by atoms with Crippen molar-refractivity contribution in [1.29, 1.82) is 0 Å². The molecule has 0 heterocycles. The fourth-order valence-electron chi connectivity index (χ4n) is 5.03. The average Bonchev–Trinajstić information content (AvgIpc) is 3.44. The normalized spacial score (nSPS) is 14.5. The molecule has 1 saturated carbocycles. The fourth-order valence-corrected chi connectivity index (χ4v) is 6.01. The lowest BCUT2D eigenvalue weighted by Crippen LogP contribution is -2.54. The Balaban J connectivity index is 1.71. The van der Waals surface area contributed by atoms with Crippen LogP contribution in [-0.4, -0.2) is 50.0 Å². The maximum atomic E-state index is 14.1. The minimum Gasteiger partial charge on any atom is -0.352 e. The molecule has 7 nitrogen and oxygen atoms in total. The van der Waals surface area contributed by atoms with Crippen LogP contribution in [0.4, 0.5) is 5.69 Å². The van der Waals surface area contributed by atoms with E-state index in [1.165, 1.54) is 4.90 Å². The van der Waals surface area contributed by atoms with E-state index in [1.54, 1.807) is 36.4 Å². The highest BCUT2D eigenvalue weighted by Gasteiger charge is 2.34. The van der Waals surface area contributed by atoms with Gasteiger partial charge in [0.1, 0.15) is 12.6 Å². The summed E-state index contributed by atoms with van der Waals surface area (Å²) in [7, 11) is -3.79. The molecule has 40 heavy (non-hydrogen) atoms. The van der Waals surface area contributed by atoms with Crippen molar-refractivity contribution in [2.45, 2.75) is 57.7 Å². The van der Waals surface area contributed by atoms with Crippen LogP contribution in [0.5, 0.6) is 0 Å². The molecule has 1 aliphatic rings. The number of sulfonamides is 1. The molecular formula is C31H36ClN3O4S. The van der Waals surface area contributed by atoms with Crippen LogP contribution in [0, 0.1) is 6.92 Å². The van der Waals surface area contributed by atoms with Gasteiger partial charge in [0, 0.05) is 24.0 Å². The van der Waals surface area contributed by atoms with E-state index in [-0.39, 0.29) is 18.5 Å². The van der Waals surface area contributed by atoms with Crippen LogP contribution < -0.4 is 9.62 Å². The minimum absolute atomic E-state index is 0.0679. The number of benzene rings is 3. The highest BCUT2D eigenvalue weighted by molar-refractivity contribution is 7.92. The molecule has 0 spiro atoms. The largest absolute Gasteiger partial charge is 0.352 e. The van der Waals surface area contributed by atoms with Gasteiger partial charge < -0.3 is 10.2 Å². The van der Waals surface area contributed by atoms with Gasteiger partial charge in [-0.2, -0.15) is 0 Å². The Labute approximate surface area is 242 Å². The van der Waals surface area contributed by atoms with Crippen molar-refractivity contribution in [3.63, 3.8) is 0 Å². The van der Waals surface area contributed by atoms with Crippen molar-refractivity contribution < 1.29 is 18.0 Å². The molecule has 1 N–H and O–H groups in total. The van der Waals surface area contributed by atoms with Crippen LogP contribution in [0.1, 0.15) is 42.4 Å². The Morgan fingerprint density at radius 2 is 1.55 bits per heavy atom. The molecule has 0 aromatic heterocycles. The second-order valence-electron chi connectivity index (χ2n) is 10.4. The van der Waals surface area contributed by atoms with Crippen molar-refractivity contribution in [1.82, 2.24) is 10.2 Å². The molecule has 0 bridgehead atoms. The third-order valence-corrected chi connectivity index (χ3v) is 8.63. The fraction of sp³-hybridized carbons (Fsp3) is 0.355. The Morgan fingerprint density at radius 1 is 0.925 bits per heavy atom. The number of carbonyl (C=O) groups excluding carboxylic acids is 2. The zero-order chi connectivity index (χ0) is 28.7. The number of aryl methyl sites for hydroxylation is 1. The summed E-state index contributed by atoms with van der Waals surface area (Å²) < 4.78 is 26.8. The van der Waals surface area contributed by atoms with Gasteiger partial charge in [0.15, 0.2) is 0 Å². The first-order chi connectivity index (χ1) is 19.1. The molecule has 212 valence electrons. The first kappa shape index (κ1) is 29.6. The van der Waals surface area contributed by atoms with E-state index >= 15 is 0 Å². The molecule has 9 heteroatoms. The summed E-state index contributed by atoms with van der Waals surface area (Å²) in [4.78, 5) is 29.4. The topological polar surface area (TPSA) is 86.8 Å². The molecule has 0 radical (unpaired) electrons. The molecule has 2 amide bonds. The average molecular weight is 582 g/mol. The number of amides is 2. The number of nitrogens with one attached hydrogen (secondary N) is 1. The Kier molecular flexibility index (Phi) is 9.87. The van der Waals surface area contributed by atoms with Crippen molar-refractivity contribution in [3.8, 4) is 0 Å². The standard InChI is InChI=1S/C31H36ClN3O4S/c1-23-12-18-28(19-13-23)35(40(2,38)39)22-30(36)34(21-25-14-16-26(32)17-15-25)29(20-24-8-4-3-5-9-24)31(37)33-27-10-6-7-11-27/h3-5,8-9,12-19,27,29H,6-7,10-11,20-22H2,1-2H3,(H,33,37)/t29-/m1/s1. The van der Waals surface area contributed by atoms with Crippen molar-refractivity contribution in [2.24, 2.45) is 0 Å². The van der Waals surface area contributed by atoms with Gasteiger partial charge in [-0.1, -0.05) is 84.6 Å². The van der Waals surface area contributed by atoms with Gasteiger partial charge in [0.25, 0.3) is 0 Å². The summed E-state index contributed by atoms with van der Waals surface area (Å²) in [5.74, 6) is -0.706. The van der Waals surface area contributed by atoms with Crippen molar-refractivity contribution in [2.75, 3.05) is 17.1 Å². The zero-order valence-corrected chi connectivity index (χ0v) is 24.5. The number of halogens is 1. The molecule has 4 rings (SSSR count). The number of rotatable bonds is 11. The maximum absolute atomic E-state index is 14.1. The van der Waals surface area contributed by atoms with Crippen LogP contribution in [0.3, 0.4) is 0 Å². The smallest absolute Gasteiger partial charge is 0.244 e. The number of nitrogens with zero attached hydrogens (tertiary/aromatic N) is 2. The van der Waals surface area contributed by atoms with Crippen LogP contribution in [0.25, 0.3) is 0 Å². The van der Waals surface area contributed by atoms with Crippen LogP contribution in [0.15, 0.2) is 78.9 Å². The van der Waals surface area contributed by atoms with Crippen LogP contribution in [-0.2, 0) is 32.6 Å². The number of hydrogen-bond acceptors (Lipinski definition) is 4. The number of anilines is 1. The minimum atomic E-state index is -3.79. The van der Waals surface area contributed by atoms with Crippen LogP contribution >= 0.6 is 11.6 Å². The zero-order valence-electron chi connectivity index (χ0n) is 22.9. The molecule has 1 atom stereocenters. The van der Waals surface area contributed by atoms with Gasteiger partial charge in [-0.25, -0.2) is 8.42 Å². The predicted octanol–water partition coefficient (Wildman–Crippen LogP) is 5.11. The summed E-state index contributed by atoms with van der Waals surface area (Å²) in [6.07, 6.45) is 5.30. The molecule has 3 aromatic carbocycles. The van der Waals surface area contributed by atoms with E-state index in [0.717, 1.165) is 52.9 Å². The number of hydrogen-bond donors (Lipinski definition) is 1. The van der Waals surface area contributed by atoms with Gasteiger partial charge in [0.05, 0.1) is 11.9 Å². The first-order valence-corrected chi connectivity index (χ1v) is 15.8. The van der Waals surface area contributed by atoms with E-state index in [0.29, 0.717) is 17.1 Å². The summed E-state index contributed by atoms with van der Waals surface area (Å²) in [5, 5.41) is 3.72. The monoisotopic (exact) mass is 581 g/mol. The van der Waals surface area contributed by atoms with Gasteiger partial charge in [-0.3, -0.25) is 13.9 Å².